The van der Waals surface area contributed by atoms with E-state index in [1.807, 2.05) is 24.3 Å². The number of anilines is 1. The van der Waals surface area contributed by atoms with Crippen LogP contribution in [0.1, 0.15) is 25.0 Å². The molecule has 1 aromatic heterocycles. The standard InChI is InChI=1S/C13H13BrN2O/c1-7-5-10(7)12-11(13(15)16-17-12)8-3-2-4-9(14)6-8/h2-4,6-7,10H,5H2,1H3,(H2,15,16). The molecule has 2 unspecified atom stereocenters. The second-order valence-corrected chi connectivity index (χ2v) is 5.55. The average Bonchev–Trinajstić information content (AvgIpc) is 2.88. The number of aromatic nitrogens is 1. The molecule has 88 valence electrons. The first-order valence-electron chi connectivity index (χ1n) is 5.68. The zero-order valence-corrected chi connectivity index (χ0v) is 11.1. The van der Waals surface area contributed by atoms with Crippen molar-refractivity contribution >= 4 is 21.7 Å². The summed E-state index contributed by atoms with van der Waals surface area (Å²) in [6.07, 6.45) is 1.16. The first-order valence-corrected chi connectivity index (χ1v) is 6.47. The van der Waals surface area contributed by atoms with Crippen molar-refractivity contribution < 1.29 is 4.52 Å². The van der Waals surface area contributed by atoms with Gasteiger partial charge in [-0.15, -0.1) is 0 Å². The first-order chi connectivity index (χ1) is 8.16. The highest BCUT2D eigenvalue weighted by Gasteiger charge is 2.40. The normalized spacial score (nSPS) is 22.7. The minimum atomic E-state index is 0.480. The van der Waals surface area contributed by atoms with Gasteiger partial charge in [-0.3, -0.25) is 0 Å². The summed E-state index contributed by atoms with van der Waals surface area (Å²) in [5.41, 5.74) is 7.94. The van der Waals surface area contributed by atoms with E-state index < -0.39 is 0 Å². The van der Waals surface area contributed by atoms with E-state index in [1.54, 1.807) is 0 Å². The quantitative estimate of drug-likeness (QED) is 0.916. The molecule has 1 fully saturated rings. The molecule has 0 bridgehead atoms. The fraction of sp³-hybridized carbons (Fsp3) is 0.308. The molecule has 17 heavy (non-hydrogen) atoms. The van der Waals surface area contributed by atoms with E-state index in [0.29, 0.717) is 17.7 Å². The van der Waals surface area contributed by atoms with Gasteiger partial charge in [0.1, 0.15) is 5.76 Å². The number of nitrogens with zero attached hydrogens (tertiary/aromatic N) is 1. The van der Waals surface area contributed by atoms with Gasteiger partial charge in [-0.2, -0.15) is 0 Å². The van der Waals surface area contributed by atoms with Crippen LogP contribution >= 0.6 is 15.9 Å². The predicted octanol–water partition coefficient (Wildman–Crippen LogP) is 3.81. The van der Waals surface area contributed by atoms with Crippen LogP contribution in [-0.4, -0.2) is 5.16 Å². The second kappa shape index (κ2) is 3.88. The fourth-order valence-corrected chi connectivity index (χ4v) is 2.59. The summed E-state index contributed by atoms with van der Waals surface area (Å²) in [4.78, 5) is 0. The zero-order chi connectivity index (χ0) is 12.0. The molecule has 0 amide bonds. The number of halogens is 1. The Morgan fingerprint density at radius 3 is 2.88 bits per heavy atom. The SMILES string of the molecule is CC1CC1c1onc(N)c1-c1cccc(Br)c1. The van der Waals surface area contributed by atoms with Gasteiger partial charge in [0.2, 0.25) is 0 Å². The fourth-order valence-electron chi connectivity index (χ4n) is 2.19. The number of hydrogen-bond acceptors (Lipinski definition) is 3. The minimum Gasteiger partial charge on any atom is -0.380 e. The van der Waals surface area contributed by atoms with E-state index in [2.05, 4.69) is 28.0 Å². The summed E-state index contributed by atoms with van der Waals surface area (Å²) in [5.74, 6) is 2.58. The monoisotopic (exact) mass is 292 g/mol. The smallest absolute Gasteiger partial charge is 0.175 e. The molecular formula is C13H13BrN2O. The van der Waals surface area contributed by atoms with Gasteiger partial charge in [0.15, 0.2) is 5.82 Å². The lowest BCUT2D eigenvalue weighted by Gasteiger charge is -2.02. The third-order valence-corrected chi connectivity index (χ3v) is 3.80. The van der Waals surface area contributed by atoms with Crippen molar-refractivity contribution in [2.24, 2.45) is 5.92 Å². The van der Waals surface area contributed by atoms with Crippen LogP contribution in [0.15, 0.2) is 33.3 Å². The summed E-state index contributed by atoms with van der Waals surface area (Å²) < 4.78 is 6.43. The number of benzene rings is 1. The van der Waals surface area contributed by atoms with Crippen LogP contribution in [0.4, 0.5) is 5.82 Å². The summed E-state index contributed by atoms with van der Waals surface area (Å²) >= 11 is 3.47. The Morgan fingerprint density at radius 2 is 2.24 bits per heavy atom. The van der Waals surface area contributed by atoms with E-state index >= 15 is 0 Å². The molecule has 1 saturated carbocycles. The predicted molar refractivity (Wildman–Crippen MR) is 70.6 cm³/mol. The maximum absolute atomic E-state index is 5.91. The number of hydrogen-bond donors (Lipinski definition) is 1. The number of nitrogen functional groups attached to an aromatic ring is 1. The molecule has 1 aromatic carbocycles. The van der Waals surface area contributed by atoms with Crippen LogP contribution in [0.25, 0.3) is 11.1 Å². The van der Waals surface area contributed by atoms with Crippen molar-refractivity contribution in [2.75, 3.05) is 5.73 Å². The van der Waals surface area contributed by atoms with Crippen molar-refractivity contribution in [3.05, 3.63) is 34.5 Å². The van der Waals surface area contributed by atoms with Crippen molar-refractivity contribution in [3.8, 4) is 11.1 Å². The van der Waals surface area contributed by atoms with Crippen molar-refractivity contribution in [3.63, 3.8) is 0 Å². The van der Waals surface area contributed by atoms with Crippen LogP contribution in [0, 0.1) is 5.92 Å². The molecule has 0 saturated heterocycles. The molecule has 2 aromatic rings. The van der Waals surface area contributed by atoms with E-state index in [1.165, 1.54) is 0 Å². The second-order valence-electron chi connectivity index (χ2n) is 4.64. The molecule has 1 aliphatic carbocycles. The highest BCUT2D eigenvalue weighted by atomic mass is 79.9. The molecule has 4 heteroatoms. The topological polar surface area (TPSA) is 52.0 Å². The Morgan fingerprint density at radius 1 is 1.47 bits per heavy atom. The van der Waals surface area contributed by atoms with Crippen LogP contribution < -0.4 is 5.73 Å². The molecular weight excluding hydrogens is 280 g/mol. The van der Waals surface area contributed by atoms with Crippen molar-refractivity contribution in [1.29, 1.82) is 0 Å². The molecule has 2 N–H and O–H groups in total. The molecule has 0 aliphatic heterocycles. The molecule has 2 atom stereocenters. The minimum absolute atomic E-state index is 0.480. The Labute approximate surface area is 108 Å². The van der Waals surface area contributed by atoms with Gasteiger partial charge in [-0.05, 0) is 30.0 Å². The van der Waals surface area contributed by atoms with E-state index in [4.69, 9.17) is 10.3 Å². The molecule has 0 radical (unpaired) electrons. The van der Waals surface area contributed by atoms with E-state index in [-0.39, 0.29) is 0 Å². The zero-order valence-electron chi connectivity index (χ0n) is 9.48. The van der Waals surface area contributed by atoms with Crippen molar-refractivity contribution in [1.82, 2.24) is 5.16 Å². The maximum Gasteiger partial charge on any atom is 0.175 e. The molecule has 3 nitrogen and oxygen atoms in total. The summed E-state index contributed by atoms with van der Waals surface area (Å²) in [7, 11) is 0. The van der Waals surface area contributed by atoms with Gasteiger partial charge in [0, 0.05) is 10.4 Å². The third-order valence-electron chi connectivity index (χ3n) is 3.30. The molecule has 1 aliphatic rings. The number of nitrogens with two attached hydrogens (primary N) is 1. The summed E-state index contributed by atoms with van der Waals surface area (Å²) in [6, 6.07) is 8.06. The lowest BCUT2D eigenvalue weighted by atomic mass is 10.0. The maximum atomic E-state index is 5.91. The Balaban J connectivity index is 2.10. The van der Waals surface area contributed by atoms with Gasteiger partial charge in [0.25, 0.3) is 0 Å². The van der Waals surface area contributed by atoms with Gasteiger partial charge in [-0.25, -0.2) is 0 Å². The lowest BCUT2D eigenvalue weighted by molar-refractivity contribution is 0.384. The Kier molecular flexibility index (Phi) is 2.47. The van der Waals surface area contributed by atoms with E-state index in [0.717, 1.165) is 27.8 Å². The van der Waals surface area contributed by atoms with Crippen molar-refractivity contribution in [2.45, 2.75) is 19.3 Å². The number of rotatable bonds is 2. The van der Waals surface area contributed by atoms with Crippen LogP contribution in [-0.2, 0) is 0 Å². The lowest BCUT2D eigenvalue weighted by Crippen LogP contribution is -1.90. The Hall–Kier alpha value is -1.29. The highest BCUT2D eigenvalue weighted by molar-refractivity contribution is 9.10. The van der Waals surface area contributed by atoms with Gasteiger partial charge in [0.05, 0.1) is 5.56 Å². The summed E-state index contributed by atoms with van der Waals surface area (Å²) in [6.45, 7) is 2.22. The molecule has 3 rings (SSSR count). The Bertz CT molecular complexity index is 564. The van der Waals surface area contributed by atoms with Crippen LogP contribution in [0.2, 0.25) is 0 Å². The van der Waals surface area contributed by atoms with Gasteiger partial charge >= 0.3 is 0 Å². The average molecular weight is 293 g/mol. The summed E-state index contributed by atoms with van der Waals surface area (Å²) in [5, 5.41) is 3.91. The first kappa shape index (κ1) is 10.8. The molecule has 0 spiro atoms. The van der Waals surface area contributed by atoms with E-state index in [9.17, 15) is 0 Å². The van der Waals surface area contributed by atoms with Gasteiger partial charge in [-0.1, -0.05) is 40.1 Å². The highest BCUT2D eigenvalue weighted by Crippen LogP contribution is 2.51. The van der Waals surface area contributed by atoms with Crippen LogP contribution in [0.3, 0.4) is 0 Å². The largest absolute Gasteiger partial charge is 0.380 e. The molecule has 1 heterocycles. The van der Waals surface area contributed by atoms with Crippen LogP contribution in [0.5, 0.6) is 0 Å². The van der Waals surface area contributed by atoms with Gasteiger partial charge < -0.3 is 10.3 Å². The third kappa shape index (κ3) is 1.86.